The largest absolute Gasteiger partial charge is 0.483 e. The van der Waals surface area contributed by atoms with Crippen LogP contribution in [0.3, 0.4) is 0 Å². The summed E-state index contributed by atoms with van der Waals surface area (Å²) in [7, 11) is 0. The topological polar surface area (TPSA) is 26.3 Å². The van der Waals surface area contributed by atoms with Crippen molar-refractivity contribution in [1.82, 2.24) is 0 Å². The van der Waals surface area contributed by atoms with E-state index in [1.165, 1.54) is 0 Å². The predicted octanol–water partition coefficient (Wildman–Crippen LogP) is 3.25. The molecule has 0 heterocycles. The van der Waals surface area contributed by atoms with E-state index >= 15 is 0 Å². The molecule has 13 heavy (non-hydrogen) atoms. The van der Waals surface area contributed by atoms with Gasteiger partial charge in [0.15, 0.2) is 6.61 Å². The third kappa shape index (κ3) is 3.55. The van der Waals surface area contributed by atoms with Crippen LogP contribution in [-0.4, -0.2) is 11.8 Å². The Morgan fingerprint density at radius 2 is 2.23 bits per heavy atom. The Kier molecular flexibility index (Phi) is 4.03. The van der Waals surface area contributed by atoms with Crippen molar-refractivity contribution in [2.24, 2.45) is 0 Å². The maximum absolute atomic E-state index is 10.4. The van der Waals surface area contributed by atoms with E-state index in [4.69, 9.17) is 27.9 Å². The van der Waals surface area contributed by atoms with E-state index in [1.807, 2.05) is 0 Å². The minimum atomic E-state index is -0.556. The summed E-state index contributed by atoms with van der Waals surface area (Å²) in [6.45, 7) is -0.178. The van der Waals surface area contributed by atoms with Crippen molar-refractivity contribution in [3.8, 4) is 5.75 Å². The number of ether oxygens (including phenoxy) is 1. The van der Waals surface area contributed by atoms with Crippen molar-refractivity contribution >= 4 is 44.4 Å². The molecule has 0 aromatic heterocycles. The molecule has 2 nitrogen and oxygen atoms in total. The normalized spacial score (nSPS) is 9.77. The van der Waals surface area contributed by atoms with Gasteiger partial charge in [0.1, 0.15) is 5.75 Å². The molecule has 0 aliphatic carbocycles. The van der Waals surface area contributed by atoms with Crippen molar-refractivity contribution < 1.29 is 9.53 Å². The molecule has 0 N–H and O–H groups in total. The average molecular weight is 284 g/mol. The Labute approximate surface area is 93.9 Å². The molecule has 0 aliphatic rings. The molecule has 1 aromatic rings. The first-order chi connectivity index (χ1) is 6.09. The summed E-state index contributed by atoms with van der Waals surface area (Å²) in [4.78, 5) is 10.4. The summed E-state index contributed by atoms with van der Waals surface area (Å²) in [5.74, 6) is 0.443. The summed E-state index contributed by atoms with van der Waals surface area (Å²) in [6.07, 6.45) is 0. The smallest absolute Gasteiger partial charge is 0.259 e. The second kappa shape index (κ2) is 4.84. The van der Waals surface area contributed by atoms with Crippen LogP contribution in [0.25, 0.3) is 0 Å². The van der Waals surface area contributed by atoms with Crippen molar-refractivity contribution in [3.05, 3.63) is 27.7 Å². The monoisotopic (exact) mass is 282 g/mol. The van der Waals surface area contributed by atoms with Crippen LogP contribution in [0.5, 0.6) is 5.75 Å². The lowest BCUT2D eigenvalue weighted by Gasteiger charge is -2.04. The maximum Gasteiger partial charge on any atom is 0.259 e. The molecule has 0 saturated heterocycles. The molecule has 1 rings (SSSR count). The number of carbonyl (C=O) groups is 1. The molecular formula is C8H5BrCl2O2. The van der Waals surface area contributed by atoms with Crippen LogP contribution in [0.15, 0.2) is 22.7 Å². The molecule has 0 bridgehead atoms. The summed E-state index contributed by atoms with van der Waals surface area (Å²) in [6, 6.07) is 5.10. The number of carbonyl (C=O) groups excluding carboxylic acids is 1. The average Bonchev–Trinajstić information content (AvgIpc) is 2.02. The number of rotatable bonds is 3. The second-order valence-electron chi connectivity index (χ2n) is 2.22. The molecule has 0 amide bonds. The highest BCUT2D eigenvalue weighted by Gasteiger charge is 2.03. The lowest BCUT2D eigenvalue weighted by atomic mass is 10.3. The SMILES string of the molecule is O=C(Cl)COc1ccc(Br)cc1Cl. The van der Waals surface area contributed by atoms with Gasteiger partial charge in [-0.15, -0.1) is 0 Å². The standard InChI is InChI=1S/C8H5BrCl2O2/c9-5-1-2-7(6(10)3-5)13-4-8(11)12/h1-3H,4H2. The zero-order valence-corrected chi connectivity index (χ0v) is 9.49. The fourth-order valence-electron chi connectivity index (χ4n) is 0.727. The predicted molar refractivity (Wildman–Crippen MR) is 55.5 cm³/mol. The van der Waals surface area contributed by atoms with Gasteiger partial charge in [-0.2, -0.15) is 0 Å². The molecule has 1 aromatic carbocycles. The van der Waals surface area contributed by atoms with Gasteiger partial charge < -0.3 is 4.74 Å². The molecule has 0 unspecified atom stereocenters. The number of benzene rings is 1. The van der Waals surface area contributed by atoms with Crippen molar-refractivity contribution in [2.75, 3.05) is 6.61 Å². The number of hydrogen-bond donors (Lipinski definition) is 0. The Bertz CT molecular complexity index is 328. The van der Waals surface area contributed by atoms with Gasteiger partial charge in [0.05, 0.1) is 5.02 Å². The Morgan fingerprint density at radius 3 is 2.77 bits per heavy atom. The molecular weight excluding hydrogens is 279 g/mol. The Hall–Kier alpha value is -0.250. The van der Waals surface area contributed by atoms with Gasteiger partial charge in [0.25, 0.3) is 5.24 Å². The fraction of sp³-hybridized carbons (Fsp3) is 0.125. The minimum absolute atomic E-state index is 0.178. The summed E-state index contributed by atoms with van der Waals surface area (Å²) >= 11 is 14.1. The zero-order valence-electron chi connectivity index (χ0n) is 6.39. The zero-order chi connectivity index (χ0) is 9.84. The molecule has 0 spiro atoms. The Balaban J connectivity index is 2.72. The molecule has 0 aliphatic heterocycles. The number of halogens is 3. The third-order valence-corrected chi connectivity index (χ3v) is 2.13. The van der Waals surface area contributed by atoms with E-state index in [2.05, 4.69) is 15.9 Å². The first-order valence-corrected chi connectivity index (χ1v) is 4.90. The van der Waals surface area contributed by atoms with Crippen LogP contribution in [0.1, 0.15) is 0 Å². The van der Waals surface area contributed by atoms with E-state index in [0.717, 1.165) is 4.47 Å². The molecule has 0 radical (unpaired) electrons. The summed E-state index contributed by atoms with van der Waals surface area (Å²) in [5, 5.41) is -0.119. The van der Waals surface area contributed by atoms with Crippen LogP contribution >= 0.6 is 39.1 Å². The van der Waals surface area contributed by atoms with Crippen LogP contribution in [0, 0.1) is 0 Å². The molecule has 0 atom stereocenters. The van der Waals surface area contributed by atoms with Crippen molar-refractivity contribution in [3.63, 3.8) is 0 Å². The van der Waals surface area contributed by atoms with E-state index in [1.54, 1.807) is 18.2 Å². The number of hydrogen-bond acceptors (Lipinski definition) is 2. The lowest BCUT2D eigenvalue weighted by molar-refractivity contribution is -0.113. The minimum Gasteiger partial charge on any atom is -0.483 e. The van der Waals surface area contributed by atoms with Crippen LogP contribution in [0.2, 0.25) is 5.02 Å². The Morgan fingerprint density at radius 1 is 1.54 bits per heavy atom. The second-order valence-corrected chi connectivity index (χ2v) is 3.96. The quantitative estimate of drug-likeness (QED) is 0.796. The van der Waals surface area contributed by atoms with Gasteiger partial charge in [-0.05, 0) is 29.8 Å². The van der Waals surface area contributed by atoms with Crippen molar-refractivity contribution in [1.29, 1.82) is 0 Å². The molecule has 5 heteroatoms. The maximum atomic E-state index is 10.4. The van der Waals surface area contributed by atoms with Crippen LogP contribution in [-0.2, 0) is 4.79 Å². The lowest BCUT2D eigenvalue weighted by Crippen LogP contribution is -2.04. The highest BCUT2D eigenvalue weighted by molar-refractivity contribution is 9.10. The van der Waals surface area contributed by atoms with Crippen molar-refractivity contribution in [2.45, 2.75) is 0 Å². The first kappa shape index (κ1) is 10.8. The van der Waals surface area contributed by atoms with E-state index in [-0.39, 0.29) is 6.61 Å². The molecule has 70 valence electrons. The fourth-order valence-corrected chi connectivity index (χ4v) is 1.51. The van der Waals surface area contributed by atoms with Crippen LogP contribution in [0.4, 0.5) is 0 Å². The highest BCUT2D eigenvalue weighted by Crippen LogP contribution is 2.27. The first-order valence-electron chi connectivity index (χ1n) is 3.36. The van der Waals surface area contributed by atoms with Gasteiger partial charge in [-0.1, -0.05) is 27.5 Å². The van der Waals surface area contributed by atoms with Gasteiger partial charge in [-0.25, -0.2) is 0 Å². The summed E-state index contributed by atoms with van der Waals surface area (Å²) < 4.78 is 5.87. The van der Waals surface area contributed by atoms with Gasteiger partial charge in [-0.3, -0.25) is 4.79 Å². The van der Waals surface area contributed by atoms with Gasteiger partial charge in [0.2, 0.25) is 0 Å². The van der Waals surface area contributed by atoms with E-state index < -0.39 is 5.24 Å². The van der Waals surface area contributed by atoms with E-state index in [9.17, 15) is 4.79 Å². The van der Waals surface area contributed by atoms with Crippen LogP contribution < -0.4 is 4.74 Å². The molecule has 0 fully saturated rings. The van der Waals surface area contributed by atoms with E-state index in [0.29, 0.717) is 10.8 Å². The van der Waals surface area contributed by atoms with Gasteiger partial charge in [0, 0.05) is 4.47 Å². The highest BCUT2D eigenvalue weighted by atomic mass is 79.9. The van der Waals surface area contributed by atoms with Gasteiger partial charge >= 0.3 is 0 Å². The summed E-state index contributed by atoms with van der Waals surface area (Å²) in [5.41, 5.74) is 0. The molecule has 0 saturated carbocycles. The third-order valence-electron chi connectivity index (χ3n) is 1.24.